The smallest absolute Gasteiger partial charge is 0.307 e. The molecule has 7 heteroatoms. The molecule has 0 spiro atoms. The first kappa shape index (κ1) is 12.9. The van der Waals surface area contributed by atoms with Crippen molar-refractivity contribution in [2.24, 2.45) is 0 Å². The van der Waals surface area contributed by atoms with Crippen LogP contribution in [-0.4, -0.2) is 30.7 Å². The van der Waals surface area contributed by atoms with Gasteiger partial charge < -0.3 is 19.0 Å². The van der Waals surface area contributed by atoms with Crippen LogP contribution < -0.4 is 5.32 Å². The molecule has 0 unspecified atom stereocenters. The number of amides is 1. The van der Waals surface area contributed by atoms with Crippen molar-refractivity contribution in [2.75, 3.05) is 13.7 Å². The third kappa shape index (κ3) is 3.21. The number of carbonyl (C=O) groups is 2. The van der Waals surface area contributed by atoms with E-state index in [9.17, 15) is 9.59 Å². The predicted molar refractivity (Wildman–Crippen MR) is 63.2 cm³/mol. The summed E-state index contributed by atoms with van der Waals surface area (Å²) in [4.78, 5) is 22.6. The summed E-state index contributed by atoms with van der Waals surface area (Å²) < 4.78 is 14.5. The number of aromatic nitrogens is 1. The highest BCUT2D eigenvalue weighted by Crippen LogP contribution is 2.20. The summed E-state index contributed by atoms with van der Waals surface area (Å²) in [5.41, 5.74) is 0.122. The van der Waals surface area contributed by atoms with Crippen molar-refractivity contribution >= 4 is 11.9 Å². The van der Waals surface area contributed by atoms with Crippen LogP contribution in [0.25, 0.3) is 11.5 Å². The highest BCUT2D eigenvalue weighted by Gasteiger charge is 2.15. The van der Waals surface area contributed by atoms with Crippen LogP contribution in [-0.2, 0) is 9.53 Å². The first-order chi connectivity index (χ1) is 9.20. The molecule has 2 aromatic heterocycles. The molecule has 2 aromatic rings. The standard InChI is InChI=1S/C12H12N2O5/c1-17-11(15)4-5-13-12(16)8-7-10(19-14-8)9-3-2-6-18-9/h2-3,6-7H,4-5H2,1H3,(H,13,16). The van der Waals surface area contributed by atoms with E-state index in [-0.39, 0.29) is 18.7 Å². The number of esters is 1. The van der Waals surface area contributed by atoms with Gasteiger partial charge in [-0.1, -0.05) is 5.16 Å². The minimum atomic E-state index is -0.426. The van der Waals surface area contributed by atoms with Crippen LogP contribution in [0, 0.1) is 0 Å². The molecule has 0 saturated heterocycles. The van der Waals surface area contributed by atoms with Crippen LogP contribution in [0.3, 0.4) is 0 Å². The molecule has 7 nitrogen and oxygen atoms in total. The Morgan fingerprint density at radius 3 is 2.95 bits per heavy atom. The Morgan fingerprint density at radius 2 is 2.26 bits per heavy atom. The second-order valence-corrected chi connectivity index (χ2v) is 3.64. The van der Waals surface area contributed by atoms with Crippen molar-refractivity contribution in [1.29, 1.82) is 0 Å². The fraction of sp³-hybridized carbons (Fsp3) is 0.250. The Bertz CT molecular complexity index is 558. The molecule has 0 radical (unpaired) electrons. The predicted octanol–water partition coefficient (Wildman–Crippen LogP) is 1.23. The number of methoxy groups -OCH3 is 1. The minimum Gasteiger partial charge on any atom is -0.469 e. The molecule has 0 aliphatic carbocycles. The zero-order valence-electron chi connectivity index (χ0n) is 10.2. The van der Waals surface area contributed by atoms with Crippen LogP contribution >= 0.6 is 0 Å². The Labute approximate surface area is 108 Å². The van der Waals surface area contributed by atoms with Gasteiger partial charge >= 0.3 is 5.97 Å². The topological polar surface area (TPSA) is 94.6 Å². The number of ether oxygens (including phenoxy) is 1. The van der Waals surface area contributed by atoms with Crippen molar-refractivity contribution in [3.8, 4) is 11.5 Å². The maximum atomic E-state index is 11.7. The third-order valence-electron chi connectivity index (χ3n) is 2.35. The first-order valence-electron chi connectivity index (χ1n) is 5.56. The quantitative estimate of drug-likeness (QED) is 0.816. The lowest BCUT2D eigenvalue weighted by Crippen LogP contribution is -2.26. The van der Waals surface area contributed by atoms with Crippen LogP contribution in [0.1, 0.15) is 16.9 Å². The second kappa shape index (κ2) is 5.85. The van der Waals surface area contributed by atoms with E-state index in [2.05, 4.69) is 15.2 Å². The van der Waals surface area contributed by atoms with Crippen LogP contribution in [0.15, 0.2) is 33.4 Å². The fourth-order valence-corrected chi connectivity index (χ4v) is 1.39. The lowest BCUT2D eigenvalue weighted by molar-refractivity contribution is -0.140. The number of nitrogens with zero attached hydrogens (tertiary/aromatic N) is 1. The van der Waals surface area contributed by atoms with Crippen molar-refractivity contribution in [3.63, 3.8) is 0 Å². The summed E-state index contributed by atoms with van der Waals surface area (Å²) in [5.74, 6) is 0.0337. The lowest BCUT2D eigenvalue weighted by Gasteiger charge is -2.00. The molecule has 1 amide bonds. The average Bonchev–Trinajstić information content (AvgIpc) is 3.08. The average molecular weight is 264 g/mol. The van der Waals surface area contributed by atoms with Crippen molar-refractivity contribution < 1.29 is 23.3 Å². The van der Waals surface area contributed by atoms with Gasteiger partial charge in [0, 0.05) is 12.6 Å². The van der Waals surface area contributed by atoms with Crippen molar-refractivity contribution in [2.45, 2.75) is 6.42 Å². The van der Waals surface area contributed by atoms with Gasteiger partial charge in [-0.25, -0.2) is 0 Å². The third-order valence-corrected chi connectivity index (χ3v) is 2.35. The summed E-state index contributed by atoms with van der Waals surface area (Å²) in [6, 6.07) is 4.86. The molecule has 2 heterocycles. The molecule has 0 aliphatic heterocycles. The molecule has 19 heavy (non-hydrogen) atoms. The molecule has 2 rings (SSSR count). The summed E-state index contributed by atoms with van der Waals surface area (Å²) in [5, 5.41) is 6.16. The van der Waals surface area contributed by atoms with E-state index in [1.807, 2.05) is 0 Å². The number of hydrogen-bond donors (Lipinski definition) is 1. The van der Waals surface area contributed by atoms with E-state index in [0.717, 1.165) is 0 Å². The van der Waals surface area contributed by atoms with E-state index in [1.54, 1.807) is 12.1 Å². The fourth-order valence-electron chi connectivity index (χ4n) is 1.39. The maximum Gasteiger partial charge on any atom is 0.307 e. The molecular weight excluding hydrogens is 252 g/mol. The molecule has 0 bridgehead atoms. The van der Waals surface area contributed by atoms with E-state index >= 15 is 0 Å². The highest BCUT2D eigenvalue weighted by molar-refractivity contribution is 5.93. The van der Waals surface area contributed by atoms with E-state index < -0.39 is 11.9 Å². The summed E-state index contributed by atoms with van der Waals surface area (Å²) in [6.45, 7) is 0.175. The van der Waals surface area contributed by atoms with Gasteiger partial charge in [0.1, 0.15) is 0 Å². The lowest BCUT2D eigenvalue weighted by atomic mass is 10.3. The molecule has 0 aliphatic rings. The Morgan fingerprint density at radius 1 is 1.42 bits per heavy atom. The van der Waals surface area contributed by atoms with Gasteiger partial charge in [0.05, 0.1) is 19.8 Å². The normalized spacial score (nSPS) is 10.2. The molecule has 0 saturated carbocycles. The van der Waals surface area contributed by atoms with Crippen LogP contribution in [0.2, 0.25) is 0 Å². The molecule has 100 valence electrons. The van der Waals surface area contributed by atoms with Gasteiger partial charge in [-0.15, -0.1) is 0 Å². The van der Waals surface area contributed by atoms with Gasteiger partial charge in [0.25, 0.3) is 5.91 Å². The van der Waals surface area contributed by atoms with Gasteiger partial charge in [-0.3, -0.25) is 9.59 Å². The molecule has 0 atom stereocenters. The zero-order chi connectivity index (χ0) is 13.7. The Balaban J connectivity index is 1.91. The van der Waals surface area contributed by atoms with Crippen molar-refractivity contribution in [3.05, 3.63) is 30.2 Å². The molecular formula is C12H12N2O5. The van der Waals surface area contributed by atoms with E-state index in [1.165, 1.54) is 19.4 Å². The molecule has 0 aromatic carbocycles. The molecule has 0 fully saturated rings. The summed E-state index contributed by atoms with van der Waals surface area (Å²) in [7, 11) is 1.29. The van der Waals surface area contributed by atoms with Crippen LogP contribution in [0.5, 0.6) is 0 Å². The van der Waals surface area contributed by atoms with E-state index in [4.69, 9.17) is 8.94 Å². The van der Waals surface area contributed by atoms with Gasteiger partial charge in [-0.2, -0.15) is 0 Å². The van der Waals surface area contributed by atoms with Crippen molar-refractivity contribution in [1.82, 2.24) is 10.5 Å². The Kier molecular flexibility index (Phi) is 3.97. The second-order valence-electron chi connectivity index (χ2n) is 3.64. The number of nitrogens with one attached hydrogen (secondary N) is 1. The first-order valence-corrected chi connectivity index (χ1v) is 5.56. The number of rotatable bonds is 5. The highest BCUT2D eigenvalue weighted by atomic mass is 16.5. The van der Waals surface area contributed by atoms with E-state index in [0.29, 0.717) is 11.5 Å². The monoisotopic (exact) mass is 264 g/mol. The minimum absolute atomic E-state index is 0.102. The van der Waals surface area contributed by atoms with Gasteiger partial charge in [-0.05, 0) is 12.1 Å². The van der Waals surface area contributed by atoms with Gasteiger partial charge in [0.15, 0.2) is 11.5 Å². The number of carbonyl (C=O) groups excluding carboxylic acids is 2. The summed E-state index contributed by atoms with van der Waals surface area (Å²) >= 11 is 0. The maximum absolute atomic E-state index is 11.7. The summed E-state index contributed by atoms with van der Waals surface area (Å²) in [6.07, 6.45) is 1.60. The largest absolute Gasteiger partial charge is 0.469 e. The number of hydrogen-bond acceptors (Lipinski definition) is 6. The molecule has 1 N–H and O–H groups in total. The SMILES string of the molecule is COC(=O)CCNC(=O)c1cc(-c2ccco2)on1. The van der Waals surface area contributed by atoms with Crippen LogP contribution in [0.4, 0.5) is 0 Å². The number of furan rings is 1. The Hall–Kier alpha value is -2.57. The zero-order valence-corrected chi connectivity index (χ0v) is 10.2. The van der Waals surface area contributed by atoms with Gasteiger partial charge in [0.2, 0.25) is 5.76 Å².